The predicted molar refractivity (Wildman–Crippen MR) is 64.3 cm³/mol. The van der Waals surface area contributed by atoms with Crippen molar-refractivity contribution < 1.29 is 14.3 Å². The summed E-state index contributed by atoms with van der Waals surface area (Å²) in [6.45, 7) is 2.67. The second-order valence-corrected chi connectivity index (χ2v) is 4.46. The highest BCUT2D eigenvalue weighted by Crippen LogP contribution is 2.19. The number of carbonyl (C=O) groups is 2. The van der Waals surface area contributed by atoms with Gasteiger partial charge in [-0.3, -0.25) is 4.79 Å². The molecule has 0 aromatic rings. The Bertz CT molecular complexity index is 281. The molecule has 17 heavy (non-hydrogen) atoms. The molecular weight excluding hydrogens is 220 g/mol. The first-order valence-corrected chi connectivity index (χ1v) is 6.25. The first-order valence-electron chi connectivity index (χ1n) is 6.25. The standard InChI is InChI=1S/C12H22N2O3/c1-3-4-6-9(13)11(15)14-8-5-7-10(14)12(16)17-2/h9-10H,3-8,13H2,1-2H3/t9-,10?/m0/s1. The van der Waals surface area contributed by atoms with Crippen molar-refractivity contribution in [1.82, 2.24) is 4.90 Å². The molecule has 0 bridgehead atoms. The van der Waals surface area contributed by atoms with Crippen molar-refractivity contribution in [3.8, 4) is 0 Å². The van der Waals surface area contributed by atoms with E-state index in [0.29, 0.717) is 19.4 Å². The number of amides is 1. The topological polar surface area (TPSA) is 72.6 Å². The molecule has 1 rings (SSSR count). The number of unbranched alkanes of at least 4 members (excludes halogenated alkanes) is 1. The molecule has 1 aliphatic rings. The van der Waals surface area contributed by atoms with Crippen LogP contribution in [0, 0.1) is 0 Å². The zero-order valence-corrected chi connectivity index (χ0v) is 10.6. The smallest absolute Gasteiger partial charge is 0.328 e. The Morgan fingerprint density at radius 3 is 2.82 bits per heavy atom. The molecule has 1 aliphatic heterocycles. The number of nitrogens with zero attached hydrogens (tertiary/aromatic N) is 1. The first-order chi connectivity index (χ1) is 8.11. The number of hydrogen-bond acceptors (Lipinski definition) is 4. The van der Waals surface area contributed by atoms with Gasteiger partial charge in [-0.05, 0) is 19.3 Å². The van der Waals surface area contributed by atoms with Gasteiger partial charge in [0.25, 0.3) is 0 Å². The predicted octanol–water partition coefficient (Wildman–Crippen LogP) is 0.668. The van der Waals surface area contributed by atoms with Crippen LogP contribution in [0.5, 0.6) is 0 Å². The third-order valence-electron chi connectivity index (χ3n) is 3.20. The van der Waals surface area contributed by atoms with Crippen molar-refractivity contribution in [2.45, 2.75) is 51.1 Å². The second-order valence-electron chi connectivity index (χ2n) is 4.46. The van der Waals surface area contributed by atoms with E-state index >= 15 is 0 Å². The Balaban J connectivity index is 2.58. The van der Waals surface area contributed by atoms with E-state index in [0.717, 1.165) is 19.3 Å². The molecule has 0 aromatic heterocycles. The Morgan fingerprint density at radius 1 is 1.53 bits per heavy atom. The fourth-order valence-corrected chi connectivity index (χ4v) is 2.17. The molecule has 0 aromatic carbocycles. The number of rotatable bonds is 5. The van der Waals surface area contributed by atoms with Gasteiger partial charge in [-0.1, -0.05) is 19.8 Å². The monoisotopic (exact) mass is 242 g/mol. The van der Waals surface area contributed by atoms with Crippen molar-refractivity contribution in [1.29, 1.82) is 0 Å². The Kier molecular flexibility index (Phi) is 5.41. The van der Waals surface area contributed by atoms with Crippen molar-refractivity contribution in [3.63, 3.8) is 0 Å². The van der Waals surface area contributed by atoms with Crippen molar-refractivity contribution >= 4 is 11.9 Å². The fraction of sp³-hybridized carbons (Fsp3) is 0.833. The van der Waals surface area contributed by atoms with Crippen LogP contribution in [0.15, 0.2) is 0 Å². The summed E-state index contributed by atoms with van der Waals surface area (Å²) in [6.07, 6.45) is 4.15. The Labute approximate surface area is 102 Å². The first kappa shape index (κ1) is 14.0. The van der Waals surface area contributed by atoms with E-state index in [2.05, 4.69) is 6.92 Å². The van der Waals surface area contributed by atoms with Crippen LogP contribution in [-0.2, 0) is 14.3 Å². The van der Waals surface area contributed by atoms with Gasteiger partial charge < -0.3 is 15.4 Å². The molecule has 0 radical (unpaired) electrons. The molecule has 98 valence electrons. The summed E-state index contributed by atoms with van der Waals surface area (Å²) in [7, 11) is 1.35. The SMILES string of the molecule is CCCC[C@H](N)C(=O)N1CCCC1C(=O)OC. The zero-order valence-electron chi connectivity index (χ0n) is 10.6. The summed E-state index contributed by atoms with van der Waals surface area (Å²) in [6, 6.07) is -0.916. The lowest BCUT2D eigenvalue weighted by Crippen LogP contribution is -2.48. The highest BCUT2D eigenvalue weighted by Gasteiger charge is 2.36. The van der Waals surface area contributed by atoms with Gasteiger partial charge in [0.2, 0.25) is 5.91 Å². The summed E-state index contributed by atoms with van der Waals surface area (Å²) in [5.74, 6) is -0.454. The summed E-state index contributed by atoms with van der Waals surface area (Å²) < 4.78 is 4.70. The zero-order chi connectivity index (χ0) is 12.8. The average Bonchev–Trinajstić information content (AvgIpc) is 2.82. The summed E-state index contributed by atoms with van der Waals surface area (Å²) in [4.78, 5) is 25.2. The molecule has 5 heteroatoms. The molecule has 0 aliphatic carbocycles. The number of esters is 1. The Morgan fingerprint density at radius 2 is 2.24 bits per heavy atom. The van der Waals surface area contributed by atoms with Crippen LogP contribution in [0.2, 0.25) is 0 Å². The van der Waals surface area contributed by atoms with E-state index < -0.39 is 12.1 Å². The van der Waals surface area contributed by atoms with Gasteiger partial charge in [-0.2, -0.15) is 0 Å². The Hall–Kier alpha value is -1.10. The molecule has 1 unspecified atom stereocenters. The number of likely N-dealkylation sites (tertiary alicyclic amines) is 1. The number of methoxy groups -OCH3 is 1. The van der Waals surface area contributed by atoms with Crippen LogP contribution in [-0.4, -0.2) is 42.5 Å². The molecule has 1 fully saturated rings. The van der Waals surface area contributed by atoms with E-state index in [1.165, 1.54) is 7.11 Å². The lowest BCUT2D eigenvalue weighted by molar-refractivity contribution is -0.151. The van der Waals surface area contributed by atoms with Gasteiger partial charge in [0, 0.05) is 6.54 Å². The summed E-state index contributed by atoms with van der Waals surface area (Å²) in [5, 5.41) is 0. The van der Waals surface area contributed by atoms with Crippen molar-refractivity contribution in [2.24, 2.45) is 5.73 Å². The van der Waals surface area contributed by atoms with Crippen LogP contribution < -0.4 is 5.73 Å². The lowest BCUT2D eigenvalue weighted by atomic mass is 10.1. The van der Waals surface area contributed by atoms with Gasteiger partial charge in [-0.25, -0.2) is 4.79 Å². The van der Waals surface area contributed by atoms with E-state index in [1.807, 2.05) is 0 Å². The van der Waals surface area contributed by atoms with Crippen molar-refractivity contribution in [3.05, 3.63) is 0 Å². The lowest BCUT2D eigenvalue weighted by Gasteiger charge is -2.25. The molecule has 0 spiro atoms. The van der Waals surface area contributed by atoms with Crippen LogP contribution >= 0.6 is 0 Å². The van der Waals surface area contributed by atoms with Crippen LogP contribution in [0.1, 0.15) is 39.0 Å². The summed E-state index contributed by atoms with van der Waals surface area (Å²) in [5.41, 5.74) is 5.84. The largest absolute Gasteiger partial charge is 0.467 e. The maximum absolute atomic E-state index is 12.1. The number of hydrogen-bond donors (Lipinski definition) is 1. The minimum atomic E-state index is -0.486. The van der Waals surface area contributed by atoms with Gasteiger partial charge in [0.1, 0.15) is 6.04 Å². The normalized spacial score (nSPS) is 21.4. The van der Waals surface area contributed by atoms with Gasteiger partial charge in [-0.15, -0.1) is 0 Å². The van der Waals surface area contributed by atoms with E-state index in [1.54, 1.807) is 4.90 Å². The van der Waals surface area contributed by atoms with Gasteiger partial charge in [0.05, 0.1) is 13.2 Å². The molecular formula is C12H22N2O3. The highest BCUT2D eigenvalue weighted by atomic mass is 16.5. The summed E-state index contributed by atoms with van der Waals surface area (Å²) >= 11 is 0. The van der Waals surface area contributed by atoms with E-state index in [-0.39, 0.29) is 11.9 Å². The van der Waals surface area contributed by atoms with Crippen LogP contribution in [0.4, 0.5) is 0 Å². The highest BCUT2D eigenvalue weighted by molar-refractivity contribution is 5.88. The quantitative estimate of drug-likeness (QED) is 0.719. The van der Waals surface area contributed by atoms with Crippen molar-refractivity contribution in [2.75, 3.05) is 13.7 Å². The average molecular weight is 242 g/mol. The molecule has 1 saturated heterocycles. The second kappa shape index (κ2) is 6.59. The maximum Gasteiger partial charge on any atom is 0.328 e. The number of ether oxygens (including phenoxy) is 1. The third kappa shape index (κ3) is 3.43. The number of carbonyl (C=O) groups excluding carboxylic acids is 2. The molecule has 1 amide bonds. The third-order valence-corrected chi connectivity index (χ3v) is 3.20. The molecule has 2 atom stereocenters. The molecule has 5 nitrogen and oxygen atoms in total. The van der Waals surface area contributed by atoms with Crippen LogP contribution in [0.3, 0.4) is 0 Å². The van der Waals surface area contributed by atoms with Gasteiger partial charge >= 0.3 is 5.97 Å². The van der Waals surface area contributed by atoms with E-state index in [4.69, 9.17) is 10.5 Å². The van der Waals surface area contributed by atoms with E-state index in [9.17, 15) is 9.59 Å². The molecule has 1 heterocycles. The molecule has 2 N–H and O–H groups in total. The fourth-order valence-electron chi connectivity index (χ4n) is 2.17. The maximum atomic E-state index is 12.1. The minimum absolute atomic E-state index is 0.119. The molecule has 0 saturated carbocycles. The van der Waals surface area contributed by atoms with Gasteiger partial charge in [0.15, 0.2) is 0 Å². The minimum Gasteiger partial charge on any atom is -0.467 e. The van der Waals surface area contributed by atoms with Crippen LogP contribution in [0.25, 0.3) is 0 Å². The number of nitrogens with two attached hydrogens (primary N) is 1.